The van der Waals surface area contributed by atoms with E-state index in [0.29, 0.717) is 0 Å². The lowest BCUT2D eigenvalue weighted by Gasteiger charge is -2.38. The Morgan fingerprint density at radius 3 is 2.72 bits per heavy atom. The maximum Gasteiger partial charge on any atom is 0.0847 e. The van der Waals surface area contributed by atoms with Crippen LogP contribution in [-0.2, 0) is 6.42 Å². The van der Waals surface area contributed by atoms with Gasteiger partial charge in [0.25, 0.3) is 0 Å². The molecule has 0 saturated heterocycles. The zero-order valence-corrected chi connectivity index (χ0v) is 18.5. The fourth-order valence-electron chi connectivity index (χ4n) is 5.87. The summed E-state index contributed by atoms with van der Waals surface area (Å²) in [5.41, 5.74) is 7.07. The second-order valence-electron chi connectivity index (χ2n) is 9.61. The Morgan fingerprint density at radius 1 is 1.06 bits per heavy atom. The smallest absolute Gasteiger partial charge is 0.0847 e. The second-order valence-corrected chi connectivity index (χ2v) is 9.61. The van der Waals surface area contributed by atoms with Crippen LogP contribution < -0.4 is 0 Å². The van der Waals surface area contributed by atoms with Crippen molar-refractivity contribution in [3.8, 4) is 5.69 Å². The van der Waals surface area contributed by atoms with Gasteiger partial charge in [-0.25, -0.2) is 4.68 Å². The third kappa shape index (κ3) is 2.86. The number of allylic oxidation sites excluding steroid dienone is 1. The van der Waals surface area contributed by atoms with Crippen molar-refractivity contribution >= 4 is 16.8 Å². The van der Waals surface area contributed by atoms with Crippen LogP contribution in [0.15, 0.2) is 72.7 Å². The van der Waals surface area contributed by atoms with Crippen LogP contribution in [0.1, 0.15) is 48.3 Å². The molecule has 0 amide bonds. The molecule has 160 valence electrons. The first-order chi connectivity index (χ1) is 15.5. The molecule has 4 nitrogen and oxygen atoms in total. The number of aryl methyl sites for hydroxylation is 1. The van der Waals surface area contributed by atoms with E-state index in [1.54, 1.807) is 0 Å². The maximum atomic E-state index is 11.6. The lowest BCUT2D eigenvalue weighted by atomic mass is 9.67. The minimum atomic E-state index is -0.543. The molecule has 6 rings (SSSR count). The van der Waals surface area contributed by atoms with Crippen molar-refractivity contribution in [3.05, 3.63) is 95.1 Å². The van der Waals surface area contributed by atoms with E-state index >= 15 is 0 Å². The highest BCUT2D eigenvalue weighted by molar-refractivity contribution is 5.85. The highest BCUT2D eigenvalue weighted by atomic mass is 16.3. The molecule has 0 unspecified atom stereocenters. The summed E-state index contributed by atoms with van der Waals surface area (Å²) in [5, 5.41) is 18.5. The third-order valence-corrected chi connectivity index (χ3v) is 7.71. The van der Waals surface area contributed by atoms with Gasteiger partial charge in [-0.2, -0.15) is 5.10 Å². The summed E-state index contributed by atoms with van der Waals surface area (Å²) in [7, 11) is 0. The third-order valence-electron chi connectivity index (χ3n) is 7.71. The number of hydrogen-bond acceptors (Lipinski definition) is 3. The monoisotopic (exact) mass is 421 g/mol. The number of rotatable bonds is 3. The van der Waals surface area contributed by atoms with Gasteiger partial charge in [-0.05, 0) is 66.7 Å². The standard InChI is InChI=1S/C28H27N3O/c1-18-7-10-22(11-8-18)31-26-13-21-9-12-25(28(21,2)14-20(26)16-30-31)27(32)24-17-29-15-19-5-3-4-6-23(19)24/h3-8,10-11,13,15-17,25,27,32H,9,12,14H2,1-2H3/t25-,27+,28+/m1/s1. The van der Waals surface area contributed by atoms with E-state index in [1.165, 1.54) is 22.4 Å². The lowest BCUT2D eigenvalue weighted by molar-refractivity contribution is 0.0564. The molecule has 2 aliphatic rings. The summed E-state index contributed by atoms with van der Waals surface area (Å²) >= 11 is 0. The molecule has 0 aliphatic heterocycles. The van der Waals surface area contributed by atoms with Gasteiger partial charge in [0.2, 0.25) is 0 Å². The molecule has 1 N–H and O–H groups in total. The molecule has 4 heteroatoms. The Balaban J connectivity index is 1.38. The Labute approximate surface area is 188 Å². The lowest BCUT2D eigenvalue weighted by Crippen LogP contribution is -2.32. The van der Waals surface area contributed by atoms with Gasteiger partial charge in [0.15, 0.2) is 0 Å². The summed E-state index contributed by atoms with van der Waals surface area (Å²) in [6, 6.07) is 16.7. The van der Waals surface area contributed by atoms with E-state index < -0.39 is 6.10 Å². The predicted molar refractivity (Wildman–Crippen MR) is 128 cm³/mol. The molecule has 1 fully saturated rings. The molecule has 0 radical (unpaired) electrons. The molecule has 32 heavy (non-hydrogen) atoms. The number of hydrogen-bond donors (Lipinski definition) is 1. The summed E-state index contributed by atoms with van der Waals surface area (Å²) in [4.78, 5) is 4.42. The van der Waals surface area contributed by atoms with E-state index in [2.05, 4.69) is 66.0 Å². The van der Waals surface area contributed by atoms with Gasteiger partial charge in [-0.3, -0.25) is 4.98 Å². The van der Waals surface area contributed by atoms with Crippen LogP contribution in [0.5, 0.6) is 0 Å². The molecule has 1 saturated carbocycles. The highest BCUT2D eigenvalue weighted by Crippen LogP contribution is 2.57. The normalized spacial score (nSPS) is 23.0. The number of pyridine rings is 1. The van der Waals surface area contributed by atoms with Crippen LogP contribution in [0, 0.1) is 18.3 Å². The van der Waals surface area contributed by atoms with Gasteiger partial charge < -0.3 is 5.11 Å². The van der Waals surface area contributed by atoms with E-state index in [1.807, 2.05) is 30.7 Å². The zero-order valence-electron chi connectivity index (χ0n) is 18.5. The van der Waals surface area contributed by atoms with E-state index in [-0.39, 0.29) is 11.3 Å². The Hall–Kier alpha value is -3.24. The molecule has 2 aliphatic carbocycles. The number of nitrogens with zero attached hydrogens (tertiary/aromatic N) is 3. The topological polar surface area (TPSA) is 50.9 Å². The predicted octanol–water partition coefficient (Wildman–Crippen LogP) is 5.82. The molecule has 2 heterocycles. The van der Waals surface area contributed by atoms with E-state index in [9.17, 15) is 5.11 Å². The molecule has 3 atom stereocenters. The van der Waals surface area contributed by atoms with Crippen molar-refractivity contribution in [1.82, 2.24) is 14.8 Å². The molecular formula is C28H27N3O. The first-order valence-electron chi connectivity index (χ1n) is 11.4. The molecule has 0 bridgehead atoms. The first-order valence-corrected chi connectivity index (χ1v) is 11.4. The fraction of sp³-hybridized carbons (Fsp3) is 0.286. The fourth-order valence-corrected chi connectivity index (χ4v) is 5.87. The van der Waals surface area contributed by atoms with Gasteiger partial charge in [-0.1, -0.05) is 54.5 Å². The summed E-state index contributed by atoms with van der Waals surface area (Å²) in [6.45, 7) is 4.43. The Kier molecular flexibility index (Phi) is 4.34. The van der Waals surface area contributed by atoms with Crippen molar-refractivity contribution in [1.29, 1.82) is 0 Å². The van der Waals surface area contributed by atoms with Crippen molar-refractivity contribution in [3.63, 3.8) is 0 Å². The summed E-state index contributed by atoms with van der Waals surface area (Å²) in [5.74, 6) is 0.150. The van der Waals surface area contributed by atoms with Crippen LogP contribution >= 0.6 is 0 Å². The number of aliphatic hydroxyl groups is 1. The molecular weight excluding hydrogens is 394 g/mol. The van der Waals surface area contributed by atoms with Crippen LogP contribution in [0.4, 0.5) is 0 Å². The van der Waals surface area contributed by atoms with Crippen LogP contribution in [0.25, 0.3) is 22.5 Å². The van der Waals surface area contributed by atoms with E-state index in [4.69, 9.17) is 5.10 Å². The van der Waals surface area contributed by atoms with Crippen molar-refractivity contribution in [2.24, 2.45) is 11.3 Å². The maximum absolute atomic E-state index is 11.6. The summed E-state index contributed by atoms with van der Waals surface area (Å²) in [6.07, 6.45) is 10.4. The molecule has 0 spiro atoms. The van der Waals surface area contributed by atoms with Crippen molar-refractivity contribution in [2.75, 3.05) is 0 Å². The number of aromatic nitrogens is 3. The quantitative estimate of drug-likeness (QED) is 0.454. The van der Waals surface area contributed by atoms with Gasteiger partial charge in [-0.15, -0.1) is 0 Å². The van der Waals surface area contributed by atoms with Crippen LogP contribution in [0.2, 0.25) is 0 Å². The largest absolute Gasteiger partial charge is 0.388 e. The first kappa shape index (κ1) is 19.4. The van der Waals surface area contributed by atoms with Crippen LogP contribution in [-0.4, -0.2) is 19.9 Å². The average molecular weight is 422 g/mol. The minimum Gasteiger partial charge on any atom is -0.388 e. The molecule has 2 aromatic carbocycles. The molecule has 2 aromatic heterocycles. The van der Waals surface area contributed by atoms with Crippen LogP contribution in [0.3, 0.4) is 0 Å². The number of fused-ring (bicyclic) bond motifs is 3. The van der Waals surface area contributed by atoms with Gasteiger partial charge in [0.05, 0.1) is 23.7 Å². The number of benzene rings is 2. The highest BCUT2D eigenvalue weighted by Gasteiger charge is 2.48. The van der Waals surface area contributed by atoms with Crippen molar-refractivity contribution in [2.45, 2.75) is 39.2 Å². The van der Waals surface area contributed by atoms with Gasteiger partial charge >= 0.3 is 0 Å². The van der Waals surface area contributed by atoms with Crippen molar-refractivity contribution < 1.29 is 5.11 Å². The van der Waals surface area contributed by atoms with Gasteiger partial charge in [0.1, 0.15) is 0 Å². The van der Waals surface area contributed by atoms with E-state index in [0.717, 1.165) is 41.3 Å². The SMILES string of the molecule is Cc1ccc(-n2ncc3c2C=C2CC[C@H]([C@@H](O)c4cncc5ccccc45)[C@@]2(C)C3)cc1. The zero-order chi connectivity index (χ0) is 21.9. The average Bonchev–Trinajstić information content (AvgIpc) is 3.36. The number of aliphatic hydroxyl groups excluding tert-OH is 1. The summed E-state index contributed by atoms with van der Waals surface area (Å²) < 4.78 is 2.06. The van der Waals surface area contributed by atoms with Gasteiger partial charge in [0, 0.05) is 23.3 Å². The Morgan fingerprint density at radius 2 is 1.88 bits per heavy atom. The minimum absolute atomic E-state index is 0.0789. The second kappa shape index (κ2) is 7.14. The Bertz CT molecular complexity index is 1350. The molecule has 4 aromatic rings.